The van der Waals surface area contributed by atoms with E-state index in [1.54, 1.807) is 18.7 Å². The lowest BCUT2D eigenvalue weighted by atomic mass is 10.2. The summed E-state index contributed by atoms with van der Waals surface area (Å²) in [6, 6.07) is 0.283. The minimum absolute atomic E-state index is 0.151. The van der Waals surface area contributed by atoms with Gasteiger partial charge in [0, 0.05) is 24.8 Å². The lowest BCUT2D eigenvalue weighted by Crippen LogP contribution is -2.45. The third kappa shape index (κ3) is 3.03. The second-order valence-corrected chi connectivity index (χ2v) is 4.43. The van der Waals surface area contributed by atoms with E-state index in [-0.39, 0.29) is 17.7 Å². The highest BCUT2D eigenvalue weighted by atomic mass is 32.2. The standard InChI is InChI=1S/C9H15NO2S/c1-7-5-13-6-9(12)10(7)4-3-8(2)11/h7H,3-6H2,1-2H3. The molecule has 0 radical (unpaired) electrons. The molecule has 3 nitrogen and oxygen atoms in total. The Kier molecular flexibility index (Phi) is 3.78. The zero-order valence-electron chi connectivity index (χ0n) is 8.08. The van der Waals surface area contributed by atoms with E-state index in [4.69, 9.17) is 0 Å². The van der Waals surface area contributed by atoms with Crippen molar-refractivity contribution in [3.05, 3.63) is 0 Å². The van der Waals surface area contributed by atoms with E-state index in [0.29, 0.717) is 18.7 Å². The lowest BCUT2D eigenvalue weighted by molar-refractivity contribution is -0.130. The first-order valence-corrected chi connectivity index (χ1v) is 5.63. The van der Waals surface area contributed by atoms with E-state index >= 15 is 0 Å². The molecule has 0 aliphatic carbocycles. The van der Waals surface area contributed by atoms with Gasteiger partial charge in [-0.2, -0.15) is 0 Å². The molecule has 0 saturated carbocycles. The Balaban J connectivity index is 2.44. The first-order chi connectivity index (χ1) is 6.11. The maximum atomic E-state index is 11.4. The molecule has 1 unspecified atom stereocenters. The molecule has 1 heterocycles. The fraction of sp³-hybridized carbons (Fsp3) is 0.778. The minimum Gasteiger partial charge on any atom is -0.338 e. The molecule has 1 saturated heterocycles. The third-order valence-corrected chi connectivity index (χ3v) is 3.31. The zero-order chi connectivity index (χ0) is 9.84. The van der Waals surface area contributed by atoms with E-state index in [1.165, 1.54) is 0 Å². The number of rotatable bonds is 3. The van der Waals surface area contributed by atoms with Crippen LogP contribution in [0.1, 0.15) is 20.3 Å². The summed E-state index contributed by atoms with van der Waals surface area (Å²) in [4.78, 5) is 24.0. The van der Waals surface area contributed by atoms with Gasteiger partial charge in [0.1, 0.15) is 5.78 Å². The maximum absolute atomic E-state index is 11.4. The highest BCUT2D eigenvalue weighted by Gasteiger charge is 2.24. The topological polar surface area (TPSA) is 37.4 Å². The molecule has 1 aliphatic rings. The summed E-state index contributed by atoms with van der Waals surface area (Å²) in [5, 5.41) is 0. The molecule has 1 fully saturated rings. The van der Waals surface area contributed by atoms with Gasteiger partial charge in [-0.25, -0.2) is 0 Å². The van der Waals surface area contributed by atoms with Crippen LogP contribution in [0.4, 0.5) is 0 Å². The van der Waals surface area contributed by atoms with E-state index in [1.807, 2.05) is 11.8 Å². The predicted octanol–water partition coefficient (Wildman–Crippen LogP) is 0.929. The Bertz CT molecular complexity index is 218. The number of carbonyl (C=O) groups is 2. The molecule has 1 aliphatic heterocycles. The molecule has 1 rings (SSSR count). The van der Waals surface area contributed by atoms with Crippen molar-refractivity contribution in [3.63, 3.8) is 0 Å². The molecule has 4 heteroatoms. The van der Waals surface area contributed by atoms with Crippen LogP contribution in [0.2, 0.25) is 0 Å². The average molecular weight is 201 g/mol. The minimum atomic E-state index is 0.151. The summed E-state index contributed by atoms with van der Waals surface area (Å²) in [5.74, 6) is 1.88. The van der Waals surface area contributed by atoms with Gasteiger partial charge in [-0.3, -0.25) is 9.59 Å². The first kappa shape index (κ1) is 10.6. The van der Waals surface area contributed by atoms with Crippen LogP contribution in [-0.4, -0.2) is 40.7 Å². The largest absolute Gasteiger partial charge is 0.338 e. The van der Waals surface area contributed by atoms with Crippen molar-refractivity contribution >= 4 is 23.5 Å². The van der Waals surface area contributed by atoms with Crippen LogP contribution in [-0.2, 0) is 9.59 Å². The molecule has 0 aromatic carbocycles. The Hall–Kier alpha value is -0.510. The molecule has 0 spiro atoms. The molecule has 0 aromatic rings. The van der Waals surface area contributed by atoms with Crippen molar-refractivity contribution < 1.29 is 9.59 Å². The first-order valence-electron chi connectivity index (χ1n) is 4.48. The quantitative estimate of drug-likeness (QED) is 0.681. The van der Waals surface area contributed by atoms with E-state index in [2.05, 4.69) is 0 Å². The summed E-state index contributed by atoms with van der Waals surface area (Å²) in [6.45, 7) is 4.19. The lowest BCUT2D eigenvalue weighted by Gasteiger charge is -2.32. The fourth-order valence-corrected chi connectivity index (χ4v) is 2.34. The molecule has 74 valence electrons. The van der Waals surface area contributed by atoms with Crippen LogP contribution in [0.5, 0.6) is 0 Å². The van der Waals surface area contributed by atoms with Gasteiger partial charge in [-0.05, 0) is 13.8 Å². The van der Waals surface area contributed by atoms with Crippen molar-refractivity contribution in [2.24, 2.45) is 0 Å². The number of nitrogens with zero attached hydrogens (tertiary/aromatic N) is 1. The predicted molar refractivity (Wildman–Crippen MR) is 53.8 cm³/mol. The molecular weight excluding hydrogens is 186 g/mol. The zero-order valence-corrected chi connectivity index (χ0v) is 8.89. The van der Waals surface area contributed by atoms with Crippen molar-refractivity contribution in [2.45, 2.75) is 26.3 Å². The second-order valence-electron chi connectivity index (χ2n) is 3.40. The number of carbonyl (C=O) groups excluding carboxylic acids is 2. The van der Waals surface area contributed by atoms with Gasteiger partial charge >= 0.3 is 0 Å². The molecule has 0 bridgehead atoms. The van der Waals surface area contributed by atoms with Crippen LogP contribution in [0.15, 0.2) is 0 Å². The van der Waals surface area contributed by atoms with Gasteiger partial charge in [0.25, 0.3) is 0 Å². The number of amides is 1. The van der Waals surface area contributed by atoms with Gasteiger partial charge in [-0.1, -0.05) is 0 Å². The molecule has 0 N–H and O–H groups in total. The number of hydrogen-bond acceptors (Lipinski definition) is 3. The summed E-state index contributed by atoms with van der Waals surface area (Å²) in [5.41, 5.74) is 0. The van der Waals surface area contributed by atoms with Crippen LogP contribution in [0.25, 0.3) is 0 Å². The number of Topliss-reactive ketones (excluding diaryl/α,β-unsaturated/α-hetero) is 1. The van der Waals surface area contributed by atoms with Crippen LogP contribution in [0, 0.1) is 0 Å². The highest BCUT2D eigenvalue weighted by Crippen LogP contribution is 2.17. The van der Waals surface area contributed by atoms with Crippen LogP contribution < -0.4 is 0 Å². The van der Waals surface area contributed by atoms with Crippen LogP contribution in [0.3, 0.4) is 0 Å². The average Bonchev–Trinajstić information content (AvgIpc) is 2.03. The SMILES string of the molecule is CC(=O)CCN1C(=O)CSCC1C. The Morgan fingerprint density at radius 3 is 2.92 bits per heavy atom. The second kappa shape index (κ2) is 4.65. The number of ketones is 1. The number of hydrogen-bond donors (Lipinski definition) is 0. The summed E-state index contributed by atoms with van der Waals surface area (Å²) >= 11 is 1.67. The third-order valence-electron chi connectivity index (χ3n) is 2.14. The van der Waals surface area contributed by atoms with Gasteiger partial charge < -0.3 is 4.90 Å². The van der Waals surface area contributed by atoms with Gasteiger partial charge in [-0.15, -0.1) is 11.8 Å². The molecule has 0 aromatic heterocycles. The Morgan fingerprint density at radius 2 is 2.38 bits per heavy atom. The molecular formula is C9H15NO2S. The van der Waals surface area contributed by atoms with E-state index in [0.717, 1.165) is 5.75 Å². The maximum Gasteiger partial charge on any atom is 0.232 e. The van der Waals surface area contributed by atoms with Gasteiger partial charge in [0.15, 0.2) is 0 Å². The summed E-state index contributed by atoms with van der Waals surface area (Å²) < 4.78 is 0. The summed E-state index contributed by atoms with van der Waals surface area (Å²) in [6.07, 6.45) is 0.487. The molecule has 13 heavy (non-hydrogen) atoms. The van der Waals surface area contributed by atoms with Crippen molar-refractivity contribution in [2.75, 3.05) is 18.1 Å². The van der Waals surface area contributed by atoms with Crippen molar-refractivity contribution in [1.29, 1.82) is 0 Å². The van der Waals surface area contributed by atoms with E-state index < -0.39 is 0 Å². The van der Waals surface area contributed by atoms with Crippen molar-refractivity contribution in [1.82, 2.24) is 4.90 Å². The van der Waals surface area contributed by atoms with Gasteiger partial charge in [0.2, 0.25) is 5.91 Å². The monoisotopic (exact) mass is 201 g/mol. The normalized spacial score (nSPS) is 23.4. The number of thioether (sulfide) groups is 1. The Morgan fingerprint density at radius 1 is 1.69 bits per heavy atom. The fourth-order valence-electron chi connectivity index (χ4n) is 1.36. The Labute approximate surface area is 82.9 Å². The molecule has 1 amide bonds. The highest BCUT2D eigenvalue weighted by molar-refractivity contribution is 8.00. The smallest absolute Gasteiger partial charge is 0.232 e. The van der Waals surface area contributed by atoms with E-state index in [9.17, 15) is 9.59 Å². The van der Waals surface area contributed by atoms with Crippen molar-refractivity contribution in [3.8, 4) is 0 Å². The summed E-state index contributed by atoms with van der Waals surface area (Å²) in [7, 11) is 0. The van der Waals surface area contributed by atoms with Crippen LogP contribution >= 0.6 is 11.8 Å². The van der Waals surface area contributed by atoms with Gasteiger partial charge in [0.05, 0.1) is 5.75 Å². The molecule has 1 atom stereocenters.